The van der Waals surface area contributed by atoms with Gasteiger partial charge in [-0.15, -0.1) is 15.6 Å². The molecule has 9 N–H and O–H groups in total. The van der Waals surface area contributed by atoms with Crippen molar-refractivity contribution in [1.29, 1.82) is 0 Å². The van der Waals surface area contributed by atoms with Crippen molar-refractivity contribution in [2.75, 3.05) is 5.73 Å². The number of fused-ring (bicyclic) bond motifs is 1. The lowest BCUT2D eigenvalue weighted by Gasteiger charge is -2.50. The Labute approximate surface area is 285 Å². The zero-order chi connectivity index (χ0) is 35.9. The number of β-lactam (4-membered cyclic amide) rings is 1. The van der Waals surface area contributed by atoms with Crippen molar-refractivity contribution in [3.8, 4) is 5.75 Å². The Balaban J connectivity index is 1.34. The highest BCUT2D eigenvalue weighted by atomic mass is 32.3. The minimum Gasteiger partial charge on any atom is -0.485 e. The van der Waals surface area contributed by atoms with Crippen molar-refractivity contribution < 1.29 is 46.3 Å². The minimum atomic E-state index is -5.03. The van der Waals surface area contributed by atoms with Gasteiger partial charge in [0.1, 0.15) is 23.3 Å². The number of hydrogen-bond acceptors (Lipinski definition) is 14. The molecule has 18 nitrogen and oxygen atoms in total. The van der Waals surface area contributed by atoms with E-state index in [9.17, 15) is 27.9 Å². The molecular weight excluding hydrogens is 684 g/mol. The molecule has 2 amide bonds. The Morgan fingerprint density at radius 3 is 2.61 bits per heavy atom. The zero-order valence-corrected chi connectivity index (χ0v) is 28.5. The second-order valence-corrected chi connectivity index (χ2v) is 14.7. The van der Waals surface area contributed by atoms with Crippen LogP contribution in [0.3, 0.4) is 0 Å². The van der Waals surface area contributed by atoms with Crippen LogP contribution in [0.25, 0.3) is 0 Å². The zero-order valence-electron chi connectivity index (χ0n) is 26.9. The van der Waals surface area contributed by atoms with Crippen LogP contribution in [0.2, 0.25) is 0 Å². The van der Waals surface area contributed by atoms with Gasteiger partial charge in [-0.2, -0.15) is 13.5 Å². The summed E-state index contributed by atoms with van der Waals surface area (Å²) in [6, 6.07) is 4.09. The number of carbonyl (C=O) groups is 3. The Morgan fingerprint density at radius 2 is 2.00 bits per heavy atom. The number of amides is 2. The van der Waals surface area contributed by atoms with Gasteiger partial charge in [-0.05, 0) is 83.1 Å². The van der Waals surface area contributed by atoms with Gasteiger partial charge < -0.3 is 37.2 Å². The summed E-state index contributed by atoms with van der Waals surface area (Å²) in [6.45, 7) is 3.99. The fraction of sp³-hybridized carbons (Fsp3) is 0.517. The van der Waals surface area contributed by atoms with Crippen LogP contribution in [0.4, 0.5) is 5.13 Å². The van der Waals surface area contributed by atoms with Crippen LogP contribution in [-0.2, 0) is 40.3 Å². The summed E-state index contributed by atoms with van der Waals surface area (Å²) < 4.78 is 41.8. The number of nitrogen functional groups attached to an aromatic ring is 1. The average molecular weight is 723 g/mol. The Kier molecular flexibility index (Phi) is 9.90. The maximum absolute atomic E-state index is 13.5. The highest BCUT2D eigenvalue weighted by Gasteiger charge is 2.58. The Bertz CT molecular complexity index is 1810. The number of nitrogens with zero attached hydrogens (tertiary/aromatic N) is 4. The van der Waals surface area contributed by atoms with Crippen molar-refractivity contribution >= 4 is 56.2 Å². The highest BCUT2D eigenvalue weighted by molar-refractivity contribution is 7.80. The predicted molar refractivity (Wildman–Crippen MR) is 176 cm³/mol. The number of aryl methyl sites for hydroxylation is 1. The molecule has 2 aliphatic heterocycles. The lowest BCUT2D eigenvalue weighted by Crippen LogP contribution is -2.76. The molecule has 2 aromatic rings. The SMILES string of the molecule is CC(ON=C(C(=O)NC1C(=O)N(OS(=O)(=O)O)C1(C)C)c1csc(N)n1)(C(=O)O)C1CCc2cc(C(N)=N[C@@H]3CCC[C@H](N)C3)ccc2O1. The number of carbonyl (C=O) groups excluding carboxylic acids is 2. The fourth-order valence-electron chi connectivity index (χ4n) is 5.92. The molecule has 1 aromatic heterocycles. The smallest absolute Gasteiger partial charge is 0.418 e. The first-order valence-corrected chi connectivity index (χ1v) is 17.5. The van der Waals surface area contributed by atoms with Crippen LogP contribution < -0.4 is 27.3 Å². The van der Waals surface area contributed by atoms with Crippen molar-refractivity contribution in [1.82, 2.24) is 15.4 Å². The molecule has 49 heavy (non-hydrogen) atoms. The number of hydroxylamine groups is 2. The molecule has 0 bridgehead atoms. The van der Waals surface area contributed by atoms with E-state index < -0.39 is 57.2 Å². The van der Waals surface area contributed by atoms with E-state index in [0.717, 1.165) is 42.6 Å². The number of nitrogens with one attached hydrogen (secondary N) is 1. The summed E-state index contributed by atoms with van der Waals surface area (Å²) in [7, 11) is -5.03. The third-order valence-electron chi connectivity index (χ3n) is 8.78. The minimum absolute atomic E-state index is 0.0524. The fourth-order valence-corrected chi connectivity index (χ4v) is 6.92. The number of oxime groups is 1. The number of aliphatic imine (C=N–C) groups is 1. The summed E-state index contributed by atoms with van der Waals surface area (Å²) in [5.41, 5.74) is 15.5. The van der Waals surface area contributed by atoms with Crippen LogP contribution in [-0.4, -0.2) is 92.8 Å². The summed E-state index contributed by atoms with van der Waals surface area (Å²) in [6.07, 6.45) is 3.19. The first kappa shape index (κ1) is 35.9. The molecule has 1 aromatic carbocycles. The Hall–Kier alpha value is -4.37. The van der Waals surface area contributed by atoms with E-state index >= 15 is 0 Å². The van der Waals surface area contributed by atoms with Gasteiger partial charge >= 0.3 is 16.4 Å². The largest absolute Gasteiger partial charge is 0.485 e. The summed E-state index contributed by atoms with van der Waals surface area (Å²) in [4.78, 5) is 53.0. The molecule has 1 saturated heterocycles. The molecule has 0 radical (unpaired) electrons. The topological polar surface area (TPSA) is 284 Å². The number of ether oxygens (including phenoxy) is 1. The van der Waals surface area contributed by atoms with E-state index in [1.807, 2.05) is 6.07 Å². The Morgan fingerprint density at radius 1 is 1.27 bits per heavy atom. The summed E-state index contributed by atoms with van der Waals surface area (Å²) >= 11 is 0.965. The number of amidine groups is 1. The van der Waals surface area contributed by atoms with Gasteiger partial charge in [0.15, 0.2) is 16.9 Å². The van der Waals surface area contributed by atoms with Gasteiger partial charge in [-0.25, -0.2) is 9.78 Å². The van der Waals surface area contributed by atoms with Crippen LogP contribution in [0, 0.1) is 0 Å². The predicted octanol–water partition coefficient (Wildman–Crippen LogP) is 0.498. The van der Waals surface area contributed by atoms with Crippen LogP contribution in [0.15, 0.2) is 33.7 Å². The van der Waals surface area contributed by atoms with Crippen LogP contribution >= 0.6 is 11.3 Å². The molecule has 3 aliphatic rings. The van der Waals surface area contributed by atoms with Crippen molar-refractivity contribution in [2.24, 2.45) is 21.6 Å². The lowest BCUT2D eigenvalue weighted by molar-refractivity contribution is -0.218. The van der Waals surface area contributed by atoms with Gasteiger partial charge in [-0.1, -0.05) is 5.16 Å². The molecule has 266 valence electrons. The quantitative estimate of drug-likeness (QED) is 0.0606. The second-order valence-electron chi connectivity index (χ2n) is 12.8. The average Bonchev–Trinajstić information content (AvgIpc) is 3.46. The molecule has 2 fully saturated rings. The van der Waals surface area contributed by atoms with Crippen molar-refractivity contribution in [3.05, 3.63) is 40.4 Å². The van der Waals surface area contributed by atoms with Gasteiger partial charge in [0.2, 0.25) is 0 Å². The van der Waals surface area contributed by atoms with Gasteiger partial charge in [0.25, 0.3) is 17.4 Å². The van der Waals surface area contributed by atoms with Crippen LogP contribution in [0.5, 0.6) is 5.75 Å². The number of nitrogens with two attached hydrogens (primary N) is 3. The highest BCUT2D eigenvalue weighted by Crippen LogP contribution is 2.35. The summed E-state index contributed by atoms with van der Waals surface area (Å²) in [5, 5.41) is 18.4. The molecule has 20 heteroatoms. The molecule has 1 aliphatic carbocycles. The number of aliphatic carboxylic acids is 1. The number of carboxylic acid groups (broad SMARTS) is 1. The third-order valence-corrected chi connectivity index (χ3v) is 9.79. The number of aromatic nitrogens is 1. The van der Waals surface area contributed by atoms with Gasteiger partial charge in [-0.3, -0.25) is 19.1 Å². The molecule has 1 saturated carbocycles. The van der Waals surface area contributed by atoms with Gasteiger partial charge in [0.05, 0.1) is 11.6 Å². The number of rotatable bonds is 11. The molecule has 5 atom stereocenters. The molecule has 0 spiro atoms. The molecule has 3 unspecified atom stereocenters. The third kappa shape index (κ3) is 7.62. The maximum Gasteiger partial charge on any atom is 0.418 e. The normalized spacial score (nSPS) is 25.3. The summed E-state index contributed by atoms with van der Waals surface area (Å²) in [5.74, 6) is -2.65. The van der Waals surface area contributed by atoms with Gasteiger partial charge in [0, 0.05) is 17.0 Å². The van der Waals surface area contributed by atoms with Crippen molar-refractivity contribution in [2.45, 2.75) is 94.7 Å². The molecular formula is C29H38N8O10S2. The van der Waals surface area contributed by atoms with E-state index in [2.05, 4.69) is 24.7 Å². The number of benzene rings is 1. The number of anilines is 1. The number of carboxylic acids is 1. The standard InChI is InChI=1S/C29H38N8O10S2/c1-28(2)22(25(39)37(28)47-49(42,43)44)35-24(38)21(18-13-48-27(32)34-18)36-46-29(3,26(40)41)20-10-8-14-11-15(7-9-19(14)45-20)23(31)33-17-6-4-5-16(30)12-17/h7,9,11,13,16-17,20,22H,4-6,8,10,12,30H2,1-3H3,(H2,31,33)(H2,32,34)(H,35,38)(H,40,41)(H,42,43,44)/t16-,17+,20?,22?,29?/m0/s1. The van der Waals surface area contributed by atoms with Crippen LogP contribution in [0.1, 0.15) is 69.7 Å². The lowest BCUT2D eigenvalue weighted by atomic mass is 9.84. The number of thiazole rings is 1. The van der Waals surface area contributed by atoms with E-state index in [0.29, 0.717) is 28.6 Å². The van der Waals surface area contributed by atoms with E-state index in [1.54, 1.807) is 12.1 Å². The first-order chi connectivity index (χ1) is 22.9. The second kappa shape index (κ2) is 13.5. The maximum atomic E-state index is 13.5. The first-order valence-electron chi connectivity index (χ1n) is 15.3. The van der Waals surface area contributed by atoms with E-state index in [-0.39, 0.29) is 29.3 Å². The number of hydrogen-bond donors (Lipinski definition) is 6. The van der Waals surface area contributed by atoms with Crippen molar-refractivity contribution in [3.63, 3.8) is 0 Å². The van der Waals surface area contributed by atoms with E-state index in [4.69, 9.17) is 31.3 Å². The monoisotopic (exact) mass is 722 g/mol. The molecule has 3 heterocycles. The van der Waals surface area contributed by atoms with E-state index in [1.165, 1.54) is 26.2 Å². The molecule has 5 rings (SSSR count).